The molecule has 0 aromatic rings. The van der Waals surface area contributed by atoms with Crippen molar-refractivity contribution in [1.29, 1.82) is 0 Å². The van der Waals surface area contributed by atoms with Crippen LogP contribution in [0.1, 0.15) is 20.8 Å². The molecule has 0 aliphatic carbocycles. The van der Waals surface area contributed by atoms with Crippen molar-refractivity contribution in [2.45, 2.75) is 32.9 Å². The number of hydrogen-bond acceptors (Lipinski definition) is 2. The fraction of sp³-hybridized carbons (Fsp3) is 0.889. The first-order chi connectivity index (χ1) is 6.15. The minimum atomic E-state index is 0.252. The number of rotatable bonds is 1. The summed E-state index contributed by atoms with van der Waals surface area (Å²) in [6.07, 6.45) is 0.252. The van der Waals surface area contributed by atoms with E-state index < -0.39 is 0 Å². The van der Waals surface area contributed by atoms with Crippen LogP contribution in [0.2, 0.25) is 0 Å². The molecule has 4 heteroatoms. The summed E-state index contributed by atoms with van der Waals surface area (Å²) >= 11 is 0. The van der Waals surface area contributed by atoms with Gasteiger partial charge in [-0.15, -0.1) is 0 Å². The molecule has 1 saturated heterocycles. The molecule has 2 unspecified atom stereocenters. The molecular weight excluding hydrogens is 166 g/mol. The van der Waals surface area contributed by atoms with E-state index in [4.69, 9.17) is 10.5 Å². The molecule has 0 aromatic carbocycles. The first-order valence-electron chi connectivity index (χ1n) is 4.83. The second-order valence-electron chi connectivity index (χ2n) is 3.48. The summed E-state index contributed by atoms with van der Waals surface area (Å²) in [6.45, 7) is 8.46. The van der Waals surface area contributed by atoms with Crippen LogP contribution in [0.4, 0.5) is 0 Å². The summed E-state index contributed by atoms with van der Waals surface area (Å²) < 4.78 is 5.50. The summed E-state index contributed by atoms with van der Waals surface area (Å²) in [5.41, 5.74) is 5.83. The molecule has 0 spiro atoms. The van der Waals surface area contributed by atoms with Crippen LogP contribution in [0.25, 0.3) is 0 Å². The van der Waals surface area contributed by atoms with Crippen LogP contribution in [0.5, 0.6) is 0 Å². The number of guanidine groups is 1. The number of morpholine rings is 1. The maximum Gasteiger partial charge on any atom is 0.191 e. The molecule has 13 heavy (non-hydrogen) atoms. The third-order valence-corrected chi connectivity index (χ3v) is 2.22. The predicted molar refractivity (Wildman–Crippen MR) is 53.7 cm³/mol. The van der Waals surface area contributed by atoms with Gasteiger partial charge in [-0.05, 0) is 20.8 Å². The fourth-order valence-corrected chi connectivity index (χ4v) is 1.48. The Kier molecular flexibility index (Phi) is 3.54. The van der Waals surface area contributed by atoms with Crippen molar-refractivity contribution < 1.29 is 4.74 Å². The predicted octanol–water partition coefficient (Wildman–Crippen LogP) is 0.430. The van der Waals surface area contributed by atoms with Gasteiger partial charge in [0.25, 0.3) is 0 Å². The summed E-state index contributed by atoms with van der Waals surface area (Å²) in [7, 11) is 0. The van der Waals surface area contributed by atoms with Crippen molar-refractivity contribution in [3.05, 3.63) is 0 Å². The molecule has 0 bridgehead atoms. The molecule has 4 nitrogen and oxygen atoms in total. The van der Waals surface area contributed by atoms with Gasteiger partial charge < -0.3 is 15.4 Å². The lowest BCUT2D eigenvalue weighted by Gasteiger charge is -2.37. The zero-order valence-corrected chi connectivity index (χ0v) is 8.66. The monoisotopic (exact) mass is 185 g/mol. The van der Waals surface area contributed by atoms with E-state index in [1.165, 1.54) is 0 Å². The van der Waals surface area contributed by atoms with Gasteiger partial charge in [0.15, 0.2) is 5.96 Å². The molecule has 0 amide bonds. The Labute approximate surface area is 79.8 Å². The minimum Gasteiger partial charge on any atom is -0.375 e. The van der Waals surface area contributed by atoms with Crippen LogP contribution < -0.4 is 5.73 Å². The highest BCUT2D eigenvalue weighted by molar-refractivity contribution is 5.78. The van der Waals surface area contributed by atoms with Crippen LogP contribution in [-0.4, -0.2) is 42.7 Å². The lowest BCUT2D eigenvalue weighted by atomic mass is 10.2. The van der Waals surface area contributed by atoms with Crippen LogP contribution in [0.15, 0.2) is 4.99 Å². The molecule has 0 radical (unpaired) electrons. The van der Waals surface area contributed by atoms with Crippen molar-refractivity contribution >= 4 is 5.96 Å². The molecule has 1 heterocycles. The number of nitrogens with two attached hydrogens (primary N) is 1. The first kappa shape index (κ1) is 10.3. The zero-order valence-electron chi connectivity index (χ0n) is 8.66. The molecule has 1 rings (SSSR count). The smallest absolute Gasteiger partial charge is 0.191 e. The molecule has 1 aliphatic rings. The van der Waals surface area contributed by atoms with Crippen LogP contribution in [0.3, 0.4) is 0 Å². The molecule has 76 valence electrons. The van der Waals surface area contributed by atoms with Gasteiger partial charge in [0.05, 0.1) is 18.8 Å². The molecule has 0 saturated carbocycles. The summed E-state index contributed by atoms with van der Waals surface area (Å²) in [6, 6.07) is 0.339. The molecule has 0 aromatic heterocycles. The van der Waals surface area contributed by atoms with Crippen LogP contribution in [0, 0.1) is 0 Å². The number of nitrogens with zero attached hydrogens (tertiary/aromatic N) is 2. The van der Waals surface area contributed by atoms with Gasteiger partial charge in [0.1, 0.15) is 0 Å². The van der Waals surface area contributed by atoms with E-state index in [9.17, 15) is 0 Å². The minimum absolute atomic E-state index is 0.252. The van der Waals surface area contributed by atoms with Crippen molar-refractivity contribution in [3.8, 4) is 0 Å². The summed E-state index contributed by atoms with van der Waals surface area (Å²) in [4.78, 5) is 6.31. The average Bonchev–Trinajstić information content (AvgIpc) is 2.09. The Morgan fingerprint density at radius 3 is 2.92 bits per heavy atom. The number of ether oxygens (including phenoxy) is 1. The maximum absolute atomic E-state index is 5.83. The zero-order chi connectivity index (χ0) is 9.84. The fourth-order valence-electron chi connectivity index (χ4n) is 1.48. The Hall–Kier alpha value is -0.770. The summed E-state index contributed by atoms with van der Waals surface area (Å²) in [5, 5.41) is 0. The lowest BCUT2D eigenvalue weighted by Crippen LogP contribution is -2.53. The Morgan fingerprint density at radius 2 is 2.31 bits per heavy atom. The van der Waals surface area contributed by atoms with E-state index >= 15 is 0 Å². The molecule has 2 N–H and O–H groups in total. The SMILES string of the molecule is CCN=C(N)N1CC(C)OCC1C. The van der Waals surface area contributed by atoms with E-state index in [1.807, 2.05) is 6.92 Å². The number of aliphatic imine (C=N–C) groups is 1. The van der Waals surface area contributed by atoms with Gasteiger partial charge >= 0.3 is 0 Å². The van der Waals surface area contributed by atoms with Gasteiger partial charge in [0, 0.05) is 13.1 Å². The highest BCUT2D eigenvalue weighted by atomic mass is 16.5. The van der Waals surface area contributed by atoms with Gasteiger partial charge in [-0.3, -0.25) is 4.99 Å². The highest BCUT2D eigenvalue weighted by Gasteiger charge is 2.24. The topological polar surface area (TPSA) is 50.8 Å². The maximum atomic E-state index is 5.83. The Bertz CT molecular complexity index is 193. The lowest BCUT2D eigenvalue weighted by molar-refractivity contribution is -0.0228. The largest absolute Gasteiger partial charge is 0.375 e. The van der Waals surface area contributed by atoms with Gasteiger partial charge in [-0.2, -0.15) is 0 Å². The van der Waals surface area contributed by atoms with E-state index in [1.54, 1.807) is 0 Å². The first-order valence-corrected chi connectivity index (χ1v) is 4.83. The second-order valence-corrected chi connectivity index (χ2v) is 3.48. The van der Waals surface area contributed by atoms with E-state index in [-0.39, 0.29) is 6.10 Å². The third kappa shape index (κ3) is 2.59. The molecule has 1 aliphatic heterocycles. The van der Waals surface area contributed by atoms with Crippen molar-refractivity contribution in [1.82, 2.24) is 4.90 Å². The Balaban J connectivity index is 2.60. The van der Waals surface area contributed by atoms with Crippen molar-refractivity contribution in [2.75, 3.05) is 19.7 Å². The average molecular weight is 185 g/mol. The van der Waals surface area contributed by atoms with Crippen LogP contribution >= 0.6 is 0 Å². The Morgan fingerprint density at radius 1 is 1.62 bits per heavy atom. The second kappa shape index (κ2) is 4.46. The quantitative estimate of drug-likeness (QED) is 0.476. The van der Waals surface area contributed by atoms with Gasteiger partial charge in [-0.25, -0.2) is 0 Å². The highest BCUT2D eigenvalue weighted by Crippen LogP contribution is 2.10. The number of hydrogen-bond donors (Lipinski definition) is 1. The molecule has 1 fully saturated rings. The molecule has 2 atom stereocenters. The third-order valence-electron chi connectivity index (χ3n) is 2.22. The van der Waals surface area contributed by atoms with Crippen molar-refractivity contribution in [2.24, 2.45) is 10.7 Å². The van der Waals surface area contributed by atoms with E-state index in [0.717, 1.165) is 19.7 Å². The molecular formula is C9H19N3O. The van der Waals surface area contributed by atoms with Gasteiger partial charge in [0.2, 0.25) is 0 Å². The standard InChI is InChI=1S/C9H19N3O/c1-4-11-9(10)12-5-8(3)13-6-7(12)2/h7-8H,4-6H2,1-3H3,(H2,10,11). The summed E-state index contributed by atoms with van der Waals surface area (Å²) in [5.74, 6) is 0.644. The van der Waals surface area contributed by atoms with E-state index in [2.05, 4.69) is 23.7 Å². The van der Waals surface area contributed by atoms with Gasteiger partial charge in [-0.1, -0.05) is 0 Å². The van der Waals surface area contributed by atoms with Crippen molar-refractivity contribution in [3.63, 3.8) is 0 Å². The van der Waals surface area contributed by atoms with Crippen LogP contribution in [-0.2, 0) is 4.74 Å². The van der Waals surface area contributed by atoms with E-state index in [0.29, 0.717) is 12.0 Å². The normalized spacial score (nSPS) is 30.7.